The normalized spacial score (nSPS) is 12.1. The molecule has 1 aromatic heterocycles. The molecule has 0 aliphatic rings. The molecule has 1 nitrogen and oxygen atoms in total. The first-order valence-electron chi connectivity index (χ1n) is 7.38. The highest BCUT2D eigenvalue weighted by Crippen LogP contribution is 2.36. The Morgan fingerprint density at radius 1 is 0.864 bits per heavy atom. The molecule has 0 radical (unpaired) electrons. The van der Waals surface area contributed by atoms with Crippen molar-refractivity contribution < 1.29 is 0 Å². The lowest BCUT2D eigenvalue weighted by atomic mass is 9.92. The number of nitrogens with zero attached hydrogens (tertiary/aromatic N) is 1. The molecule has 1 atom stereocenters. The maximum atomic E-state index is 6.71. The SMILES string of the molecule is Cc1ccc(-c2ccccc2C(Cl)c2ccccn2)c(C)c1. The van der Waals surface area contributed by atoms with E-state index in [4.69, 9.17) is 11.6 Å². The number of aryl methyl sites for hydroxylation is 2. The number of halogens is 1. The Hall–Kier alpha value is -2.12. The second kappa shape index (κ2) is 6.33. The molecule has 3 rings (SSSR count). The van der Waals surface area contributed by atoms with Crippen LogP contribution in [0.3, 0.4) is 0 Å². The van der Waals surface area contributed by atoms with Crippen molar-refractivity contribution in [1.82, 2.24) is 4.98 Å². The molecule has 0 fully saturated rings. The Bertz CT molecular complexity index is 781. The Labute approximate surface area is 136 Å². The van der Waals surface area contributed by atoms with Crippen molar-refractivity contribution in [3.8, 4) is 11.1 Å². The summed E-state index contributed by atoms with van der Waals surface area (Å²) in [6, 6.07) is 20.7. The number of hydrogen-bond donors (Lipinski definition) is 0. The minimum Gasteiger partial charge on any atom is -0.259 e. The molecule has 0 saturated heterocycles. The Balaban J connectivity index is 2.11. The minimum atomic E-state index is -0.252. The first-order chi connectivity index (χ1) is 10.7. The number of hydrogen-bond acceptors (Lipinski definition) is 1. The third kappa shape index (κ3) is 2.90. The number of benzene rings is 2. The first-order valence-corrected chi connectivity index (χ1v) is 7.82. The van der Waals surface area contributed by atoms with Gasteiger partial charge in [-0.05, 0) is 48.2 Å². The number of aromatic nitrogens is 1. The van der Waals surface area contributed by atoms with E-state index < -0.39 is 0 Å². The maximum Gasteiger partial charge on any atom is 0.101 e. The van der Waals surface area contributed by atoms with Crippen molar-refractivity contribution in [3.63, 3.8) is 0 Å². The van der Waals surface area contributed by atoms with Crippen LogP contribution in [0, 0.1) is 13.8 Å². The summed E-state index contributed by atoms with van der Waals surface area (Å²) in [5.41, 5.74) is 6.90. The van der Waals surface area contributed by atoms with Crippen molar-refractivity contribution in [3.05, 3.63) is 89.2 Å². The number of rotatable bonds is 3. The summed E-state index contributed by atoms with van der Waals surface area (Å²) >= 11 is 6.71. The minimum absolute atomic E-state index is 0.252. The quantitative estimate of drug-likeness (QED) is 0.566. The summed E-state index contributed by atoms with van der Waals surface area (Å²) in [5, 5.41) is -0.252. The first kappa shape index (κ1) is 14.8. The van der Waals surface area contributed by atoms with Crippen molar-refractivity contribution >= 4 is 11.6 Å². The van der Waals surface area contributed by atoms with Crippen molar-refractivity contribution in [1.29, 1.82) is 0 Å². The molecule has 2 heteroatoms. The summed E-state index contributed by atoms with van der Waals surface area (Å²) in [6.07, 6.45) is 1.78. The van der Waals surface area contributed by atoms with Crippen LogP contribution in [0.25, 0.3) is 11.1 Å². The van der Waals surface area contributed by atoms with Gasteiger partial charge in [0.2, 0.25) is 0 Å². The predicted molar refractivity (Wildman–Crippen MR) is 93.3 cm³/mol. The molecule has 0 bridgehead atoms. The highest BCUT2D eigenvalue weighted by Gasteiger charge is 2.17. The second-order valence-electron chi connectivity index (χ2n) is 5.52. The monoisotopic (exact) mass is 307 g/mol. The number of pyridine rings is 1. The topological polar surface area (TPSA) is 12.9 Å². The fraction of sp³-hybridized carbons (Fsp3) is 0.150. The summed E-state index contributed by atoms with van der Waals surface area (Å²) in [6.45, 7) is 4.25. The van der Waals surface area contributed by atoms with Crippen LogP contribution in [0.5, 0.6) is 0 Å². The molecule has 0 saturated carbocycles. The zero-order chi connectivity index (χ0) is 15.5. The van der Waals surface area contributed by atoms with E-state index >= 15 is 0 Å². The van der Waals surface area contributed by atoms with Gasteiger partial charge >= 0.3 is 0 Å². The lowest BCUT2D eigenvalue weighted by Gasteiger charge is -2.16. The van der Waals surface area contributed by atoms with E-state index in [0.29, 0.717) is 0 Å². The van der Waals surface area contributed by atoms with Crippen LogP contribution in [-0.4, -0.2) is 4.98 Å². The smallest absolute Gasteiger partial charge is 0.101 e. The predicted octanol–water partition coefficient (Wildman–Crippen LogP) is 5.69. The summed E-state index contributed by atoms with van der Waals surface area (Å²) in [5.74, 6) is 0. The van der Waals surface area contributed by atoms with Crippen molar-refractivity contribution in [2.45, 2.75) is 19.2 Å². The fourth-order valence-corrected chi connectivity index (χ4v) is 3.08. The number of alkyl halides is 1. The highest BCUT2D eigenvalue weighted by atomic mass is 35.5. The molecule has 3 aromatic rings. The van der Waals surface area contributed by atoms with Crippen LogP contribution in [0.15, 0.2) is 66.9 Å². The Morgan fingerprint density at radius 3 is 2.36 bits per heavy atom. The molecular formula is C20H18ClN. The van der Waals surface area contributed by atoms with Crippen LogP contribution in [0.2, 0.25) is 0 Å². The van der Waals surface area contributed by atoms with Crippen LogP contribution >= 0.6 is 11.6 Å². The second-order valence-corrected chi connectivity index (χ2v) is 5.96. The van der Waals surface area contributed by atoms with E-state index in [-0.39, 0.29) is 5.38 Å². The van der Waals surface area contributed by atoms with Gasteiger partial charge in [0.05, 0.1) is 5.69 Å². The van der Waals surface area contributed by atoms with E-state index in [2.05, 4.69) is 55.2 Å². The van der Waals surface area contributed by atoms with Gasteiger partial charge in [0, 0.05) is 6.20 Å². The molecule has 22 heavy (non-hydrogen) atoms. The van der Waals surface area contributed by atoms with E-state index in [0.717, 1.165) is 11.3 Å². The molecule has 0 amide bonds. The summed E-state index contributed by atoms with van der Waals surface area (Å²) < 4.78 is 0. The third-order valence-electron chi connectivity index (χ3n) is 3.85. The zero-order valence-corrected chi connectivity index (χ0v) is 13.5. The van der Waals surface area contributed by atoms with E-state index in [1.807, 2.05) is 24.3 Å². The van der Waals surface area contributed by atoms with Crippen LogP contribution < -0.4 is 0 Å². The van der Waals surface area contributed by atoms with E-state index in [1.54, 1.807) is 6.20 Å². The van der Waals surface area contributed by atoms with Gasteiger partial charge in [-0.1, -0.05) is 54.1 Å². The summed E-state index contributed by atoms with van der Waals surface area (Å²) in [7, 11) is 0. The molecule has 0 N–H and O–H groups in total. The summed E-state index contributed by atoms with van der Waals surface area (Å²) in [4.78, 5) is 4.39. The van der Waals surface area contributed by atoms with Gasteiger partial charge in [0.1, 0.15) is 5.38 Å². The van der Waals surface area contributed by atoms with E-state index in [1.165, 1.54) is 22.3 Å². The van der Waals surface area contributed by atoms with Gasteiger partial charge in [0.25, 0.3) is 0 Å². The van der Waals surface area contributed by atoms with Crippen LogP contribution in [0.1, 0.15) is 27.8 Å². The average molecular weight is 308 g/mol. The molecule has 110 valence electrons. The van der Waals surface area contributed by atoms with Crippen molar-refractivity contribution in [2.75, 3.05) is 0 Å². The molecule has 1 unspecified atom stereocenters. The standard InChI is InChI=1S/C20H18ClN/c1-14-10-11-16(15(2)13-14)17-7-3-4-8-18(17)20(21)19-9-5-6-12-22-19/h3-13,20H,1-2H3. The highest BCUT2D eigenvalue weighted by molar-refractivity contribution is 6.22. The molecule has 0 aliphatic heterocycles. The van der Waals surface area contributed by atoms with Gasteiger partial charge < -0.3 is 0 Å². The largest absolute Gasteiger partial charge is 0.259 e. The lowest BCUT2D eigenvalue weighted by Crippen LogP contribution is -1.99. The van der Waals surface area contributed by atoms with Gasteiger partial charge in [-0.2, -0.15) is 0 Å². The van der Waals surface area contributed by atoms with Gasteiger partial charge in [0.15, 0.2) is 0 Å². The molecule has 1 heterocycles. The van der Waals surface area contributed by atoms with Crippen LogP contribution in [0.4, 0.5) is 0 Å². The molecular weight excluding hydrogens is 290 g/mol. The van der Waals surface area contributed by atoms with Gasteiger partial charge in [-0.25, -0.2) is 0 Å². The zero-order valence-electron chi connectivity index (χ0n) is 12.8. The third-order valence-corrected chi connectivity index (χ3v) is 4.31. The maximum absolute atomic E-state index is 6.71. The van der Waals surface area contributed by atoms with Gasteiger partial charge in [-0.3, -0.25) is 4.98 Å². The average Bonchev–Trinajstić information content (AvgIpc) is 2.55. The van der Waals surface area contributed by atoms with Crippen LogP contribution in [-0.2, 0) is 0 Å². The van der Waals surface area contributed by atoms with E-state index in [9.17, 15) is 0 Å². The van der Waals surface area contributed by atoms with Gasteiger partial charge in [-0.15, -0.1) is 11.6 Å². The molecule has 0 aliphatic carbocycles. The Morgan fingerprint density at radius 2 is 1.64 bits per heavy atom. The van der Waals surface area contributed by atoms with Crippen molar-refractivity contribution in [2.24, 2.45) is 0 Å². The fourth-order valence-electron chi connectivity index (χ4n) is 2.76. The molecule has 2 aromatic carbocycles. The molecule has 0 spiro atoms. The lowest BCUT2D eigenvalue weighted by molar-refractivity contribution is 1.04. The Kier molecular flexibility index (Phi) is 4.26.